The van der Waals surface area contributed by atoms with Gasteiger partial charge in [-0.05, 0) is 12.8 Å². The molecular weight excluding hydrogens is 342 g/mol. The van der Waals surface area contributed by atoms with E-state index in [4.69, 9.17) is 0 Å². The van der Waals surface area contributed by atoms with E-state index in [0.29, 0.717) is 0 Å². The molecule has 0 saturated carbocycles. The van der Waals surface area contributed by atoms with Crippen molar-refractivity contribution in [2.45, 2.75) is 155 Å². The van der Waals surface area contributed by atoms with Gasteiger partial charge in [0.25, 0.3) is 0 Å². The maximum Gasteiger partial charge on any atom is 0.219 e. The topological polar surface area (TPSA) is 29.1 Å². The normalized spacial score (nSPS) is 11.1. The van der Waals surface area contributed by atoms with Gasteiger partial charge in [0.1, 0.15) is 0 Å². The summed E-state index contributed by atoms with van der Waals surface area (Å²) >= 11 is 0. The van der Waals surface area contributed by atoms with E-state index in [1.807, 2.05) is 0 Å². The first-order chi connectivity index (χ1) is 13.8. The lowest BCUT2D eigenvalue weighted by molar-refractivity contribution is -0.121. The molecule has 168 valence electrons. The van der Waals surface area contributed by atoms with Gasteiger partial charge in [0, 0.05) is 13.0 Å². The molecule has 0 aromatic rings. The number of hydrogen-bond donors (Lipinski definition) is 1. The molecule has 0 radical (unpaired) electrons. The minimum Gasteiger partial charge on any atom is -0.356 e. The predicted molar refractivity (Wildman–Crippen MR) is 126 cm³/mol. The van der Waals surface area contributed by atoms with E-state index in [9.17, 15) is 4.79 Å². The molecule has 0 rings (SSSR count). The Balaban J connectivity index is 3.09. The highest BCUT2D eigenvalue weighted by molar-refractivity contribution is 5.75. The van der Waals surface area contributed by atoms with Gasteiger partial charge in [0.15, 0.2) is 0 Å². The second-order valence-corrected chi connectivity index (χ2v) is 8.82. The van der Waals surface area contributed by atoms with E-state index in [1.54, 1.807) is 0 Å². The Morgan fingerprint density at radius 3 is 1.18 bits per heavy atom. The van der Waals surface area contributed by atoms with Crippen molar-refractivity contribution in [1.29, 1.82) is 0 Å². The van der Waals surface area contributed by atoms with E-state index >= 15 is 0 Å². The molecule has 0 aromatic carbocycles. The van der Waals surface area contributed by atoms with Crippen molar-refractivity contribution in [2.24, 2.45) is 0 Å². The van der Waals surface area contributed by atoms with Crippen molar-refractivity contribution >= 4 is 5.91 Å². The molecule has 0 atom stereocenters. The minimum atomic E-state index is 0.262. The van der Waals surface area contributed by atoms with Crippen LogP contribution in [0.5, 0.6) is 0 Å². The Labute approximate surface area is 178 Å². The fourth-order valence-corrected chi connectivity index (χ4v) is 3.88. The molecule has 1 amide bonds. The lowest BCUT2D eigenvalue weighted by Crippen LogP contribution is -2.23. The smallest absolute Gasteiger partial charge is 0.219 e. The van der Waals surface area contributed by atoms with Crippen LogP contribution in [0.25, 0.3) is 0 Å². The Morgan fingerprint density at radius 1 is 0.464 bits per heavy atom. The van der Waals surface area contributed by atoms with Gasteiger partial charge in [-0.25, -0.2) is 0 Å². The Morgan fingerprint density at radius 2 is 0.786 bits per heavy atom. The van der Waals surface area contributed by atoms with Crippen molar-refractivity contribution in [3.63, 3.8) is 0 Å². The molecule has 0 bridgehead atoms. The highest BCUT2D eigenvalue weighted by atomic mass is 16.1. The van der Waals surface area contributed by atoms with E-state index in [0.717, 1.165) is 25.8 Å². The first-order valence-electron chi connectivity index (χ1n) is 13.1. The third kappa shape index (κ3) is 23.5. The van der Waals surface area contributed by atoms with Crippen LogP contribution in [0.4, 0.5) is 0 Å². The maximum atomic E-state index is 11.7. The summed E-state index contributed by atoms with van der Waals surface area (Å²) in [5, 5.41) is 3.06. The molecular formula is C26H53NO. The van der Waals surface area contributed by atoms with Crippen LogP contribution in [0.1, 0.15) is 155 Å². The standard InChI is InChI=1S/C26H53NO/c1-3-5-7-9-10-11-12-13-14-15-16-17-18-19-20-21-22-24-26(28)27-25-23-8-6-4-2/h3-25H2,1-2H3,(H,27,28). The van der Waals surface area contributed by atoms with Crippen LogP contribution in [0.2, 0.25) is 0 Å². The third-order valence-electron chi connectivity index (χ3n) is 5.86. The molecule has 0 aliphatic rings. The largest absolute Gasteiger partial charge is 0.356 e. The summed E-state index contributed by atoms with van der Waals surface area (Å²) in [6.45, 7) is 5.38. The van der Waals surface area contributed by atoms with Gasteiger partial charge in [-0.1, -0.05) is 136 Å². The van der Waals surface area contributed by atoms with Crippen molar-refractivity contribution in [3.05, 3.63) is 0 Å². The number of nitrogens with one attached hydrogen (secondary N) is 1. The van der Waals surface area contributed by atoms with Crippen LogP contribution in [-0.2, 0) is 4.79 Å². The summed E-state index contributed by atoms with van der Waals surface area (Å²) in [4.78, 5) is 11.7. The molecule has 2 nitrogen and oxygen atoms in total. The predicted octanol–water partition coefficient (Wildman–Crippen LogP) is 8.72. The van der Waals surface area contributed by atoms with E-state index < -0.39 is 0 Å². The molecule has 0 aliphatic heterocycles. The molecule has 0 aromatic heterocycles. The molecule has 2 heteroatoms. The second kappa shape index (κ2) is 24.5. The number of unbranched alkanes of at least 4 members (excludes halogenated alkanes) is 19. The molecule has 0 aliphatic carbocycles. The number of rotatable bonds is 23. The van der Waals surface area contributed by atoms with Gasteiger partial charge < -0.3 is 5.32 Å². The van der Waals surface area contributed by atoms with Crippen molar-refractivity contribution in [3.8, 4) is 0 Å². The van der Waals surface area contributed by atoms with Gasteiger partial charge in [-0.3, -0.25) is 4.79 Å². The lowest BCUT2D eigenvalue weighted by Gasteiger charge is -2.05. The first kappa shape index (κ1) is 27.5. The lowest BCUT2D eigenvalue weighted by atomic mass is 10.0. The van der Waals surface area contributed by atoms with Crippen molar-refractivity contribution in [1.82, 2.24) is 5.32 Å². The molecule has 1 N–H and O–H groups in total. The van der Waals surface area contributed by atoms with E-state index in [-0.39, 0.29) is 5.91 Å². The fraction of sp³-hybridized carbons (Fsp3) is 0.962. The van der Waals surface area contributed by atoms with Crippen molar-refractivity contribution in [2.75, 3.05) is 6.54 Å². The summed E-state index contributed by atoms with van der Waals surface area (Å²) < 4.78 is 0. The summed E-state index contributed by atoms with van der Waals surface area (Å²) in [6, 6.07) is 0. The van der Waals surface area contributed by atoms with Gasteiger partial charge >= 0.3 is 0 Å². The van der Waals surface area contributed by atoms with E-state index in [1.165, 1.54) is 122 Å². The minimum absolute atomic E-state index is 0.262. The molecule has 0 fully saturated rings. The number of carbonyl (C=O) groups is 1. The average molecular weight is 396 g/mol. The highest BCUT2D eigenvalue weighted by Crippen LogP contribution is 2.14. The Hall–Kier alpha value is -0.530. The van der Waals surface area contributed by atoms with Crippen molar-refractivity contribution < 1.29 is 4.79 Å². The zero-order valence-corrected chi connectivity index (χ0v) is 19.7. The maximum absolute atomic E-state index is 11.7. The fourth-order valence-electron chi connectivity index (χ4n) is 3.88. The molecule has 0 heterocycles. The van der Waals surface area contributed by atoms with Crippen LogP contribution in [0.15, 0.2) is 0 Å². The first-order valence-corrected chi connectivity index (χ1v) is 13.1. The monoisotopic (exact) mass is 395 g/mol. The zero-order chi connectivity index (χ0) is 20.5. The van der Waals surface area contributed by atoms with Gasteiger partial charge in [0.2, 0.25) is 5.91 Å². The summed E-state index contributed by atoms with van der Waals surface area (Å²) in [7, 11) is 0. The van der Waals surface area contributed by atoms with Crippen LogP contribution in [-0.4, -0.2) is 12.5 Å². The van der Waals surface area contributed by atoms with Crippen LogP contribution in [0.3, 0.4) is 0 Å². The zero-order valence-electron chi connectivity index (χ0n) is 19.7. The van der Waals surface area contributed by atoms with Gasteiger partial charge in [0.05, 0.1) is 0 Å². The van der Waals surface area contributed by atoms with Gasteiger partial charge in [-0.15, -0.1) is 0 Å². The summed E-state index contributed by atoms with van der Waals surface area (Å²) in [5.74, 6) is 0.262. The molecule has 0 unspecified atom stereocenters. The number of amides is 1. The quantitative estimate of drug-likeness (QED) is 0.172. The van der Waals surface area contributed by atoms with E-state index in [2.05, 4.69) is 19.2 Å². The SMILES string of the molecule is CCCCCCCCCCCCCCCCCCCC(=O)NCCCCCC. The van der Waals surface area contributed by atoms with Crippen LogP contribution < -0.4 is 5.32 Å². The number of hydrogen-bond acceptors (Lipinski definition) is 1. The van der Waals surface area contributed by atoms with Crippen LogP contribution in [0, 0.1) is 0 Å². The Kier molecular flexibility index (Phi) is 24.0. The third-order valence-corrected chi connectivity index (χ3v) is 5.86. The second-order valence-electron chi connectivity index (χ2n) is 8.82. The highest BCUT2D eigenvalue weighted by Gasteiger charge is 2.00. The summed E-state index contributed by atoms with van der Waals surface area (Å²) in [6.07, 6.45) is 29.2. The summed E-state index contributed by atoms with van der Waals surface area (Å²) in [5.41, 5.74) is 0. The Bertz CT molecular complexity index is 303. The molecule has 0 saturated heterocycles. The number of carbonyl (C=O) groups excluding carboxylic acids is 1. The van der Waals surface area contributed by atoms with Crippen LogP contribution >= 0.6 is 0 Å². The average Bonchev–Trinajstić information content (AvgIpc) is 2.70. The molecule has 28 heavy (non-hydrogen) atoms. The van der Waals surface area contributed by atoms with Gasteiger partial charge in [-0.2, -0.15) is 0 Å². The molecule has 0 spiro atoms.